The Morgan fingerprint density at radius 2 is 2.14 bits per heavy atom. The summed E-state index contributed by atoms with van der Waals surface area (Å²) in [5, 5.41) is 11.5. The predicted molar refractivity (Wildman–Crippen MR) is 83.4 cm³/mol. The minimum atomic E-state index is -0.190. The summed E-state index contributed by atoms with van der Waals surface area (Å²) in [5.74, 6) is 0.810. The van der Waals surface area contributed by atoms with Crippen molar-refractivity contribution in [2.24, 2.45) is 5.92 Å². The van der Waals surface area contributed by atoms with Gasteiger partial charge in [0.25, 0.3) is 5.70 Å². The molecule has 6 heteroatoms. The van der Waals surface area contributed by atoms with Gasteiger partial charge < -0.3 is 9.80 Å². The largest absolute Gasteiger partial charge is 0.348 e. The SMILES string of the molecule is Cc1ccc(CN2CCN3C2=C([N+](=O)[O-])[C@@H](C)C[C@H]3C)cn1. The number of fused-ring (bicyclic) bond motifs is 1. The zero-order valence-corrected chi connectivity index (χ0v) is 13.3. The van der Waals surface area contributed by atoms with E-state index in [-0.39, 0.29) is 10.8 Å². The van der Waals surface area contributed by atoms with Crippen molar-refractivity contribution in [1.82, 2.24) is 14.8 Å². The van der Waals surface area contributed by atoms with Crippen LogP contribution in [0.5, 0.6) is 0 Å². The summed E-state index contributed by atoms with van der Waals surface area (Å²) in [6.07, 6.45) is 2.71. The van der Waals surface area contributed by atoms with Gasteiger partial charge in [0.1, 0.15) is 0 Å². The van der Waals surface area contributed by atoms with Crippen LogP contribution in [-0.4, -0.2) is 38.8 Å². The highest BCUT2D eigenvalue weighted by molar-refractivity contribution is 5.20. The van der Waals surface area contributed by atoms with Crippen LogP contribution in [0, 0.1) is 23.0 Å². The molecule has 1 fully saturated rings. The third-order valence-corrected chi connectivity index (χ3v) is 4.65. The lowest BCUT2D eigenvalue weighted by Crippen LogP contribution is -2.40. The van der Waals surface area contributed by atoms with Crippen molar-refractivity contribution in [2.75, 3.05) is 13.1 Å². The first-order chi connectivity index (χ1) is 10.5. The fourth-order valence-electron chi connectivity index (χ4n) is 3.56. The zero-order chi connectivity index (χ0) is 15.9. The van der Waals surface area contributed by atoms with Gasteiger partial charge in [-0.1, -0.05) is 13.0 Å². The normalized spacial score (nSPS) is 24.7. The molecule has 118 valence electrons. The molecule has 2 aliphatic rings. The molecule has 2 aliphatic heterocycles. The van der Waals surface area contributed by atoms with Gasteiger partial charge >= 0.3 is 0 Å². The van der Waals surface area contributed by atoms with E-state index >= 15 is 0 Å². The number of hydrogen-bond acceptors (Lipinski definition) is 5. The van der Waals surface area contributed by atoms with Crippen molar-refractivity contribution in [3.8, 4) is 0 Å². The summed E-state index contributed by atoms with van der Waals surface area (Å²) in [7, 11) is 0. The molecule has 6 nitrogen and oxygen atoms in total. The Balaban J connectivity index is 1.93. The summed E-state index contributed by atoms with van der Waals surface area (Å²) < 4.78 is 0. The van der Waals surface area contributed by atoms with Gasteiger partial charge in [-0.15, -0.1) is 0 Å². The Hall–Kier alpha value is -2.11. The number of pyridine rings is 1. The van der Waals surface area contributed by atoms with Crippen LogP contribution >= 0.6 is 0 Å². The molecule has 1 aromatic rings. The Labute approximate surface area is 130 Å². The Morgan fingerprint density at radius 3 is 2.77 bits per heavy atom. The van der Waals surface area contributed by atoms with E-state index in [2.05, 4.69) is 21.7 Å². The molecule has 0 radical (unpaired) electrons. The third kappa shape index (κ3) is 2.53. The average molecular weight is 302 g/mol. The summed E-state index contributed by atoms with van der Waals surface area (Å²) in [5.41, 5.74) is 2.45. The number of nitrogens with zero attached hydrogens (tertiary/aromatic N) is 4. The second-order valence-electron chi connectivity index (χ2n) is 6.37. The van der Waals surface area contributed by atoms with Gasteiger partial charge in [0.2, 0.25) is 0 Å². The first-order valence-electron chi connectivity index (χ1n) is 7.79. The van der Waals surface area contributed by atoms with Crippen LogP contribution in [0.25, 0.3) is 0 Å². The zero-order valence-electron chi connectivity index (χ0n) is 13.3. The highest BCUT2D eigenvalue weighted by Crippen LogP contribution is 2.37. The number of aryl methyl sites for hydroxylation is 1. The van der Waals surface area contributed by atoms with Crippen LogP contribution in [0.4, 0.5) is 0 Å². The summed E-state index contributed by atoms with van der Waals surface area (Å²) in [6, 6.07) is 4.39. The second kappa shape index (κ2) is 5.59. The molecule has 0 bridgehead atoms. The first kappa shape index (κ1) is 14.8. The fraction of sp³-hybridized carbons (Fsp3) is 0.562. The lowest BCUT2D eigenvalue weighted by atomic mass is 9.94. The Morgan fingerprint density at radius 1 is 1.36 bits per heavy atom. The lowest BCUT2D eigenvalue weighted by molar-refractivity contribution is -0.438. The van der Waals surface area contributed by atoms with Crippen molar-refractivity contribution in [1.29, 1.82) is 0 Å². The second-order valence-corrected chi connectivity index (χ2v) is 6.37. The molecule has 3 rings (SSSR count). The van der Waals surface area contributed by atoms with Gasteiger partial charge in [0.05, 0.1) is 10.8 Å². The maximum absolute atomic E-state index is 11.5. The van der Waals surface area contributed by atoms with Crippen LogP contribution in [0.3, 0.4) is 0 Å². The minimum absolute atomic E-state index is 0.00649. The van der Waals surface area contributed by atoms with Gasteiger partial charge in [-0.05, 0) is 31.9 Å². The molecule has 2 atom stereocenters. The van der Waals surface area contributed by atoms with Crippen molar-refractivity contribution in [3.05, 3.63) is 51.2 Å². The van der Waals surface area contributed by atoms with Crippen molar-refractivity contribution < 1.29 is 4.92 Å². The van der Waals surface area contributed by atoms with E-state index < -0.39 is 0 Å². The number of hydrogen-bond donors (Lipinski definition) is 0. The van der Waals surface area contributed by atoms with E-state index in [1.165, 1.54) is 0 Å². The highest BCUT2D eigenvalue weighted by Gasteiger charge is 2.43. The van der Waals surface area contributed by atoms with Gasteiger partial charge in [-0.25, -0.2) is 0 Å². The van der Waals surface area contributed by atoms with E-state index in [0.29, 0.717) is 18.3 Å². The van der Waals surface area contributed by atoms with Crippen LogP contribution < -0.4 is 0 Å². The smallest absolute Gasteiger partial charge is 0.289 e. The molecular formula is C16H22N4O2. The molecular weight excluding hydrogens is 280 g/mol. The molecule has 3 heterocycles. The topological polar surface area (TPSA) is 62.5 Å². The van der Waals surface area contributed by atoms with Crippen LogP contribution in [0.15, 0.2) is 29.8 Å². The monoisotopic (exact) mass is 302 g/mol. The molecule has 1 saturated heterocycles. The van der Waals surface area contributed by atoms with Gasteiger partial charge in [-0.3, -0.25) is 15.1 Å². The fourth-order valence-corrected chi connectivity index (χ4v) is 3.56. The predicted octanol–water partition coefficient (Wildman–Crippen LogP) is 2.38. The molecule has 0 amide bonds. The van der Waals surface area contributed by atoms with Gasteiger partial charge in [-0.2, -0.15) is 0 Å². The highest BCUT2D eigenvalue weighted by atomic mass is 16.6. The third-order valence-electron chi connectivity index (χ3n) is 4.65. The van der Waals surface area contributed by atoms with Crippen LogP contribution in [0.2, 0.25) is 0 Å². The van der Waals surface area contributed by atoms with E-state index in [4.69, 9.17) is 0 Å². The van der Waals surface area contributed by atoms with Gasteiger partial charge in [0, 0.05) is 37.6 Å². The summed E-state index contributed by atoms with van der Waals surface area (Å²) in [4.78, 5) is 20.0. The van der Waals surface area contributed by atoms with E-state index in [9.17, 15) is 10.1 Å². The number of aromatic nitrogens is 1. The van der Waals surface area contributed by atoms with E-state index in [1.807, 2.05) is 32.2 Å². The molecule has 0 aliphatic carbocycles. The summed E-state index contributed by atoms with van der Waals surface area (Å²) >= 11 is 0. The van der Waals surface area contributed by atoms with E-state index in [0.717, 1.165) is 36.6 Å². The van der Waals surface area contributed by atoms with Crippen molar-refractivity contribution in [3.63, 3.8) is 0 Å². The maximum atomic E-state index is 11.5. The Bertz CT molecular complexity index is 611. The molecule has 1 aromatic heterocycles. The molecule has 0 spiro atoms. The van der Waals surface area contributed by atoms with E-state index in [1.54, 1.807) is 0 Å². The quantitative estimate of drug-likeness (QED) is 0.633. The van der Waals surface area contributed by atoms with Crippen molar-refractivity contribution >= 4 is 0 Å². The minimum Gasteiger partial charge on any atom is -0.348 e. The molecule has 0 saturated carbocycles. The molecule has 0 aromatic carbocycles. The Kier molecular flexibility index (Phi) is 3.76. The number of rotatable bonds is 3. The standard InChI is InChI=1S/C16H22N4O2/c1-11-8-13(3)19-7-6-18(16(19)15(11)20(21)22)10-14-5-4-12(2)17-9-14/h4-5,9,11,13H,6-8,10H2,1-3H3/t11-,13+/m0/s1. The first-order valence-corrected chi connectivity index (χ1v) is 7.79. The van der Waals surface area contributed by atoms with Gasteiger partial charge in [0.15, 0.2) is 5.82 Å². The van der Waals surface area contributed by atoms with Crippen molar-refractivity contribution in [2.45, 2.75) is 39.8 Å². The summed E-state index contributed by atoms with van der Waals surface area (Å²) in [6.45, 7) is 8.44. The molecule has 22 heavy (non-hydrogen) atoms. The maximum Gasteiger partial charge on any atom is 0.289 e. The lowest BCUT2D eigenvalue weighted by Gasteiger charge is -2.35. The number of nitro groups is 1. The number of allylic oxidation sites excluding steroid dienone is 1. The van der Waals surface area contributed by atoms with Crippen LogP contribution in [-0.2, 0) is 6.54 Å². The average Bonchev–Trinajstić information content (AvgIpc) is 2.85. The van der Waals surface area contributed by atoms with Crippen LogP contribution in [0.1, 0.15) is 31.5 Å². The molecule has 0 unspecified atom stereocenters. The molecule has 0 N–H and O–H groups in total.